The van der Waals surface area contributed by atoms with Gasteiger partial charge in [-0.25, -0.2) is 27.7 Å². The van der Waals surface area contributed by atoms with Gasteiger partial charge >= 0.3 is 12.2 Å². The molecule has 0 aromatic carbocycles. The lowest BCUT2D eigenvalue weighted by molar-refractivity contribution is -0.265. The number of aromatic nitrogens is 5. The molecule has 1 saturated heterocycles. The Morgan fingerprint density at radius 3 is 2.66 bits per heavy atom. The molecule has 12 nitrogen and oxygen atoms in total. The van der Waals surface area contributed by atoms with Crippen molar-refractivity contribution in [1.82, 2.24) is 40.4 Å². The minimum Gasteiger partial charge on any atom is -0.364 e. The minimum absolute atomic E-state index is 0.0438. The van der Waals surface area contributed by atoms with Gasteiger partial charge in [-0.15, -0.1) is 0 Å². The van der Waals surface area contributed by atoms with Crippen molar-refractivity contribution in [3.05, 3.63) is 41.1 Å². The number of amides is 3. The first-order chi connectivity index (χ1) is 19.1. The second-order valence-electron chi connectivity index (χ2n) is 10.7. The number of imidazole rings is 1. The van der Waals surface area contributed by atoms with Gasteiger partial charge in [0.25, 0.3) is 11.8 Å². The molecule has 0 radical (unpaired) electrons. The number of alkyl halides is 5. The number of nitrogens with one attached hydrogen (secondary N) is 2. The van der Waals surface area contributed by atoms with E-state index in [1.54, 1.807) is 6.07 Å². The summed E-state index contributed by atoms with van der Waals surface area (Å²) in [6, 6.07) is -0.893. The first kappa shape index (κ1) is 28.6. The second kappa shape index (κ2) is 10.2. The number of carbonyl (C=O) groups excluding carboxylic acids is 2. The number of hydrogen-bond acceptors (Lipinski definition) is 8. The quantitative estimate of drug-likeness (QED) is 0.364. The molecule has 41 heavy (non-hydrogen) atoms. The van der Waals surface area contributed by atoms with Crippen LogP contribution < -0.4 is 10.6 Å². The monoisotopic (exact) mass is 586 g/mol. The van der Waals surface area contributed by atoms with Gasteiger partial charge in [-0.3, -0.25) is 4.79 Å². The fourth-order valence-electron chi connectivity index (χ4n) is 4.50. The van der Waals surface area contributed by atoms with E-state index >= 15 is 0 Å². The fourth-order valence-corrected chi connectivity index (χ4v) is 4.50. The third-order valence-electron chi connectivity index (χ3n) is 7.09. The van der Waals surface area contributed by atoms with E-state index in [0.717, 1.165) is 31.6 Å². The van der Waals surface area contributed by atoms with Crippen LogP contribution in [0.3, 0.4) is 0 Å². The van der Waals surface area contributed by atoms with Crippen molar-refractivity contribution in [3.8, 4) is 0 Å². The summed E-state index contributed by atoms with van der Waals surface area (Å²) < 4.78 is 79.8. The number of hydrogen-bond donors (Lipinski definition) is 2. The Morgan fingerprint density at radius 1 is 1.29 bits per heavy atom. The molecule has 2 N–H and O–H groups in total. The van der Waals surface area contributed by atoms with E-state index in [0.29, 0.717) is 5.56 Å². The zero-order valence-electron chi connectivity index (χ0n) is 22.2. The Balaban J connectivity index is 1.45. The Hall–Kier alpha value is -3.89. The third kappa shape index (κ3) is 5.94. The molecule has 3 aromatic heterocycles. The molecule has 222 valence electrons. The summed E-state index contributed by atoms with van der Waals surface area (Å²) in [4.78, 5) is 30.9. The van der Waals surface area contributed by atoms with E-state index < -0.39 is 61.4 Å². The Kier molecular flexibility index (Phi) is 7.11. The molecule has 1 saturated carbocycles. The van der Waals surface area contributed by atoms with E-state index in [9.17, 15) is 31.5 Å². The molecule has 4 heterocycles. The van der Waals surface area contributed by atoms with Gasteiger partial charge in [-0.1, -0.05) is 5.16 Å². The summed E-state index contributed by atoms with van der Waals surface area (Å²) in [6.45, 7) is 1.06. The average molecular weight is 587 g/mol. The minimum atomic E-state index is -4.70. The van der Waals surface area contributed by atoms with Gasteiger partial charge in [0.1, 0.15) is 5.69 Å². The molecule has 3 amide bonds. The lowest BCUT2D eigenvalue weighted by Gasteiger charge is -2.38. The van der Waals surface area contributed by atoms with Crippen molar-refractivity contribution >= 4 is 17.6 Å². The first-order valence-electron chi connectivity index (χ1n) is 12.7. The fraction of sp³-hybridized carbons (Fsp3) is 0.583. The van der Waals surface area contributed by atoms with Gasteiger partial charge < -0.3 is 20.3 Å². The Morgan fingerprint density at radius 2 is 2.02 bits per heavy atom. The second-order valence-corrected chi connectivity index (χ2v) is 10.7. The van der Waals surface area contributed by atoms with E-state index in [-0.39, 0.29) is 28.6 Å². The topological polar surface area (TPSA) is 140 Å². The molecule has 5 rings (SSSR count). The van der Waals surface area contributed by atoms with Crippen molar-refractivity contribution in [1.29, 1.82) is 0 Å². The summed E-state index contributed by atoms with van der Waals surface area (Å²) in [6.07, 6.45) is -0.388. The van der Waals surface area contributed by atoms with Crippen LogP contribution in [-0.2, 0) is 4.74 Å². The van der Waals surface area contributed by atoms with Crippen LogP contribution in [0.4, 0.5) is 26.7 Å². The molecule has 0 spiro atoms. The zero-order chi connectivity index (χ0) is 29.7. The molecule has 2 aliphatic rings. The Labute approximate surface area is 229 Å². The highest BCUT2D eigenvalue weighted by atomic mass is 19.4. The molecule has 2 atom stereocenters. The molecule has 3 aromatic rings. The van der Waals surface area contributed by atoms with E-state index in [1.165, 1.54) is 23.8 Å². The average Bonchev–Trinajstić information content (AvgIpc) is 3.46. The molecule has 17 heteroatoms. The first-order valence-corrected chi connectivity index (χ1v) is 12.7. The molecule has 2 unspecified atom stereocenters. The molecule has 1 aliphatic heterocycles. The number of urea groups is 1. The smallest absolute Gasteiger partial charge is 0.364 e. The SMILES string of the molecule is Cc1nonc1C(=O)NC(COC(C)(C)C(F)(F)F)c1cn2ncc(C(C3CC3)N3CC(F)(F)CNC3=O)cc2n1. The van der Waals surface area contributed by atoms with Crippen LogP contribution >= 0.6 is 0 Å². The van der Waals surface area contributed by atoms with E-state index in [1.807, 2.05) is 0 Å². The highest BCUT2D eigenvalue weighted by Crippen LogP contribution is 2.46. The van der Waals surface area contributed by atoms with Crippen LogP contribution in [0.25, 0.3) is 5.65 Å². The maximum atomic E-state index is 14.2. The number of carbonyl (C=O) groups is 2. The van der Waals surface area contributed by atoms with Gasteiger partial charge in [0.05, 0.1) is 49.9 Å². The van der Waals surface area contributed by atoms with Crippen molar-refractivity contribution in [2.24, 2.45) is 5.92 Å². The predicted molar refractivity (Wildman–Crippen MR) is 129 cm³/mol. The van der Waals surface area contributed by atoms with Gasteiger partial charge in [0.15, 0.2) is 16.9 Å². The summed E-state index contributed by atoms with van der Waals surface area (Å²) >= 11 is 0. The van der Waals surface area contributed by atoms with Crippen LogP contribution in [0.1, 0.15) is 66.2 Å². The molecule has 1 aliphatic carbocycles. The maximum Gasteiger partial charge on any atom is 0.416 e. The normalized spacial score (nSPS) is 19.2. The predicted octanol–water partition coefficient (Wildman–Crippen LogP) is 3.36. The number of rotatable bonds is 9. The Bertz CT molecular complexity index is 1450. The van der Waals surface area contributed by atoms with E-state index in [4.69, 9.17) is 4.74 Å². The lowest BCUT2D eigenvalue weighted by Crippen LogP contribution is -2.58. The van der Waals surface area contributed by atoms with Gasteiger partial charge in [0.2, 0.25) is 0 Å². The molecular formula is C24H27F5N8O4. The van der Waals surface area contributed by atoms with Crippen molar-refractivity contribution in [2.75, 3.05) is 19.7 Å². The highest BCUT2D eigenvalue weighted by molar-refractivity contribution is 5.93. The third-order valence-corrected chi connectivity index (χ3v) is 7.09. The number of ether oxygens (including phenoxy) is 1. The summed E-state index contributed by atoms with van der Waals surface area (Å²) in [5.41, 5.74) is -1.73. The standard InChI is InChI=1S/C24H27F5N8O4/c1-12-18(35-41-34-12)20(38)33-16(9-40-22(2,3)24(27,28)29)15-8-37-17(32-15)6-14(7-31-37)19(13-4-5-13)36-11-23(25,26)10-30-21(36)39/h6-8,13,16,19H,4-5,9-11H2,1-3H3,(H,30,39)(H,33,38). The van der Waals surface area contributed by atoms with Crippen LogP contribution in [0.2, 0.25) is 0 Å². The summed E-state index contributed by atoms with van der Waals surface area (Å²) in [5, 5.41) is 16.1. The van der Waals surface area contributed by atoms with Gasteiger partial charge in [-0.05, 0) is 56.3 Å². The number of halogens is 5. The number of aryl methyl sites for hydroxylation is 1. The van der Waals surface area contributed by atoms with Crippen LogP contribution in [0, 0.1) is 12.8 Å². The van der Waals surface area contributed by atoms with Crippen LogP contribution in [0.5, 0.6) is 0 Å². The molecular weight excluding hydrogens is 559 g/mol. The number of nitrogens with zero attached hydrogens (tertiary/aromatic N) is 6. The largest absolute Gasteiger partial charge is 0.416 e. The highest BCUT2D eigenvalue weighted by Gasteiger charge is 2.49. The van der Waals surface area contributed by atoms with Gasteiger partial charge in [-0.2, -0.15) is 18.3 Å². The van der Waals surface area contributed by atoms with Crippen molar-refractivity contribution in [3.63, 3.8) is 0 Å². The van der Waals surface area contributed by atoms with Crippen molar-refractivity contribution < 1.29 is 40.9 Å². The van der Waals surface area contributed by atoms with Crippen LogP contribution in [-0.4, -0.2) is 79.1 Å². The summed E-state index contributed by atoms with van der Waals surface area (Å²) in [7, 11) is 0. The summed E-state index contributed by atoms with van der Waals surface area (Å²) in [5.74, 6) is -3.93. The van der Waals surface area contributed by atoms with E-state index in [2.05, 4.69) is 35.7 Å². The lowest BCUT2D eigenvalue weighted by atomic mass is 10.0. The van der Waals surface area contributed by atoms with Crippen molar-refractivity contribution in [2.45, 2.75) is 63.4 Å². The molecule has 2 fully saturated rings. The van der Waals surface area contributed by atoms with Crippen LogP contribution in [0.15, 0.2) is 23.1 Å². The van der Waals surface area contributed by atoms with Gasteiger partial charge in [0, 0.05) is 0 Å². The maximum absolute atomic E-state index is 14.2. The number of fused-ring (bicyclic) bond motifs is 1. The zero-order valence-corrected chi connectivity index (χ0v) is 22.2. The molecule has 0 bridgehead atoms.